The standard InChI is InChI=1S/C43H51FN4O4S/c44-40-12-3-7-35(28-40)29-42(49)48(26-21-34-13-15-41(16-14-34)53(45,51)52)31-36-8-2-9-37(27-36)38-10-4-11-39(30-38)43(50)47-24-19-33(20-25-47)6-1-5-32-17-22-46-23-18-32/h2-4,7-16,27-28,30,32-33,46H,1,5-6,17-26,29,31H2,(H2,45,51,52). The molecule has 2 aliphatic rings. The number of sulfonamides is 1. The molecule has 0 aliphatic carbocycles. The summed E-state index contributed by atoms with van der Waals surface area (Å²) in [6.45, 7) is 4.60. The number of piperidine rings is 2. The van der Waals surface area contributed by atoms with E-state index in [1.54, 1.807) is 29.2 Å². The topological polar surface area (TPSA) is 113 Å². The van der Waals surface area contributed by atoms with Gasteiger partial charge in [0.1, 0.15) is 5.82 Å². The minimum Gasteiger partial charge on any atom is -0.339 e. The summed E-state index contributed by atoms with van der Waals surface area (Å²) in [7, 11) is -3.81. The molecular weight excluding hydrogens is 688 g/mol. The van der Waals surface area contributed by atoms with E-state index >= 15 is 0 Å². The first-order chi connectivity index (χ1) is 25.6. The third kappa shape index (κ3) is 11.1. The number of nitrogens with zero attached hydrogens (tertiary/aromatic N) is 2. The maximum Gasteiger partial charge on any atom is 0.253 e. The van der Waals surface area contributed by atoms with E-state index < -0.39 is 15.8 Å². The number of amides is 2. The monoisotopic (exact) mass is 738 g/mol. The molecule has 8 nitrogen and oxygen atoms in total. The number of hydrogen-bond donors (Lipinski definition) is 2. The van der Waals surface area contributed by atoms with Crippen LogP contribution in [0.1, 0.15) is 72.0 Å². The fraction of sp³-hybridized carbons (Fsp3) is 0.395. The van der Waals surface area contributed by atoms with Crippen molar-refractivity contribution in [3.8, 4) is 11.1 Å². The number of carbonyl (C=O) groups excluding carboxylic acids is 2. The number of carbonyl (C=O) groups is 2. The molecule has 0 unspecified atom stereocenters. The van der Waals surface area contributed by atoms with Crippen molar-refractivity contribution in [2.24, 2.45) is 17.0 Å². The van der Waals surface area contributed by atoms with Crippen LogP contribution >= 0.6 is 0 Å². The molecule has 2 fully saturated rings. The first kappa shape index (κ1) is 38.3. The number of nitrogens with two attached hydrogens (primary N) is 1. The van der Waals surface area contributed by atoms with Gasteiger partial charge in [-0.05, 0) is 127 Å². The maximum absolute atomic E-state index is 13.9. The Labute approximate surface area is 313 Å². The van der Waals surface area contributed by atoms with Crippen molar-refractivity contribution >= 4 is 21.8 Å². The van der Waals surface area contributed by atoms with Gasteiger partial charge in [0, 0.05) is 31.7 Å². The molecule has 2 saturated heterocycles. The molecule has 3 N–H and O–H groups in total. The van der Waals surface area contributed by atoms with E-state index in [1.807, 2.05) is 53.4 Å². The van der Waals surface area contributed by atoms with E-state index in [-0.39, 0.29) is 23.1 Å². The zero-order chi connectivity index (χ0) is 37.2. The Hall–Kier alpha value is -4.38. The van der Waals surface area contributed by atoms with E-state index in [9.17, 15) is 22.4 Å². The van der Waals surface area contributed by atoms with Gasteiger partial charge in [-0.3, -0.25) is 9.59 Å². The lowest BCUT2D eigenvalue weighted by molar-refractivity contribution is -0.131. The zero-order valence-electron chi connectivity index (χ0n) is 30.4. The van der Waals surface area contributed by atoms with E-state index in [2.05, 4.69) is 5.32 Å². The minimum absolute atomic E-state index is 0.0288. The van der Waals surface area contributed by atoms with Gasteiger partial charge < -0.3 is 15.1 Å². The lowest BCUT2D eigenvalue weighted by atomic mass is 9.87. The molecule has 6 rings (SSSR count). The Morgan fingerprint density at radius 1 is 0.774 bits per heavy atom. The van der Waals surface area contributed by atoms with Crippen molar-refractivity contribution in [1.82, 2.24) is 15.1 Å². The van der Waals surface area contributed by atoms with Gasteiger partial charge in [0.2, 0.25) is 15.9 Å². The van der Waals surface area contributed by atoms with Crippen molar-refractivity contribution < 1.29 is 22.4 Å². The molecule has 4 aromatic rings. The summed E-state index contributed by atoms with van der Waals surface area (Å²) in [4.78, 5) is 31.1. The van der Waals surface area contributed by atoms with E-state index in [0.29, 0.717) is 36.6 Å². The molecule has 10 heteroatoms. The van der Waals surface area contributed by atoms with Crippen molar-refractivity contribution in [2.45, 2.75) is 69.2 Å². The van der Waals surface area contributed by atoms with E-state index in [0.717, 1.165) is 67.2 Å². The Morgan fingerprint density at radius 2 is 1.42 bits per heavy atom. The van der Waals surface area contributed by atoms with Gasteiger partial charge in [-0.1, -0.05) is 73.9 Å². The van der Waals surface area contributed by atoms with E-state index in [1.165, 1.54) is 56.4 Å². The first-order valence-electron chi connectivity index (χ1n) is 18.9. The second-order valence-corrected chi connectivity index (χ2v) is 16.3. The van der Waals surface area contributed by atoms with Crippen LogP contribution in [0.3, 0.4) is 0 Å². The van der Waals surface area contributed by atoms with Gasteiger partial charge in [0.05, 0.1) is 11.3 Å². The fourth-order valence-electron chi connectivity index (χ4n) is 7.71. The minimum atomic E-state index is -3.81. The Balaban J connectivity index is 1.09. The van der Waals surface area contributed by atoms with E-state index in [4.69, 9.17) is 5.14 Å². The van der Waals surface area contributed by atoms with Crippen LogP contribution in [0.5, 0.6) is 0 Å². The molecule has 0 spiro atoms. The van der Waals surface area contributed by atoms with Crippen LogP contribution in [0, 0.1) is 17.7 Å². The van der Waals surface area contributed by atoms with Gasteiger partial charge in [0.15, 0.2) is 0 Å². The predicted octanol–water partition coefficient (Wildman–Crippen LogP) is 6.98. The normalized spacial score (nSPS) is 15.7. The Bertz CT molecular complexity index is 1960. The molecule has 0 saturated carbocycles. The van der Waals surface area contributed by atoms with Crippen LogP contribution in [-0.2, 0) is 34.2 Å². The van der Waals surface area contributed by atoms with Gasteiger partial charge in [-0.25, -0.2) is 17.9 Å². The Morgan fingerprint density at radius 3 is 2.11 bits per heavy atom. The average Bonchev–Trinajstić information content (AvgIpc) is 3.17. The quantitative estimate of drug-likeness (QED) is 0.145. The summed E-state index contributed by atoms with van der Waals surface area (Å²) in [6, 6.07) is 28.1. The molecule has 4 aromatic carbocycles. The summed E-state index contributed by atoms with van der Waals surface area (Å²) in [5, 5.41) is 8.71. The lowest BCUT2D eigenvalue weighted by Crippen LogP contribution is -2.38. The SMILES string of the molecule is NS(=O)(=O)c1ccc(CCN(Cc2cccc(-c3cccc(C(=O)N4CCC(CCCC5CCNCC5)CC4)c3)c2)C(=O)Cc2cccc(F)c2)cc1. The molecule has 0 radical (unpaired) electrons. The van der Waals surface area contributed by atoms with Gasteiger partial charge >= 0.3 is 0 Å². The number of rotatable bonds is 14. The highest BCUT2D eigenvalue weighted by molar-refractivity contribution is 7.89. The largest absolute Gasteiger partial charge is 0.339 e. The second-order valence-electron chi connectivity index (χ2n) is 14.7. The zero-order valence-corrected chi connectivity index (χ0v) is 31.2. The van der Waals surface area contributed by atoms with Crippen molar-refractivity contribution in [2.75, 3.05) is 32.7 Å². The molecule has 2 amide bonds. The molecule has 0 aromatic heterocycles. The van der Waals surface area contributed by atoms with Gasteiger partial charge in [-0.2, -0.15) is 0 Å². The summed E-state index contributed by atoms with van der Waals surface area (Å²) in [6.07, 6.45) is 9.15. The Kier molecular flexibility index (Phi) is 13.1. The van der Waals surface area contributed by atoms with Crippen LogP contribution in [0.25, 0.3) is 11.1 Å². The number of likely N-dealkylation sites (tertiary alicyclic amines) is 1. The first-order valence-corrected chi connectivity index (χ1v) is 20.5. The summed E-state index contributed by atoms with van der Waals surface area (Å²) < 4.78 is 37.4. The number of primary sulfonamides is 1. The molecule has 53 heavy (non-hydrogen) atoms. The predicted molar refractivity (Wildman–Crippen MR) is 207 cm³/mol. The smallest absolute Gasteiger partial charge is 0.253 e. The third-order valence-electron chi connectivity index (χ3n) is 10.8. The maximum atomic E-state index is 13.9. The molecule has 280 valence electrons. The fourth-order valence-corrected chi connectivity index (χ4v) is 8.22. The van der Waals surface area contributed by atoms with Crippen LogP contribution in [0.2, 0.25) is 0 Å². The molecular formula is C43H51FN4O4S. The highest BCUT2D eigenvalue weighted by Crippen LogP contribution is 2.28. The van der Waals surface area contributed by atoms with Crippen LogP contribution < -0.4 is 10.5 Å². The van der Waals surface area contributed by atoms with Crippen LogP contribution in [0.4, 0.5) is 4.39 Å². The van der Waals surface area contributed by atoms with Crippen LogP contribution in [-0.4, -0.2) is 62.8 Å². The number of halogens is 1. The highest BCUT2D eigenvalue weighted by Gasteiger charge is 2.24. The van der Waals surface area contributed by atoms with Crippen molar-refractivity contribution in [3.05, 3.63) is 125 Å². The van der Waals surface area contributed by atoms with Crippen molar-refractivity contribution in [1.29, 1.82) is 0 Å². The summed E-state index contributed by atoms with van der Waals surface area (Å²) in [5.74, 6) is 1.09. The van der Waals surface area contributed by atoms with Crippen LogP contribution in [0.15, 0.2) is 102 Å². The van der Waals surface area contributed by atoms with Gasteiger partial charge in [-0.15, -0.1) is 0 Å². The number of benzene rings is 4. The summed E-state index contributed by atoms with van der Waals surface area (Å²) >= 11 is 0. The number of hydrogen-bond acceptors (Lipinski definition) is 5. The average molecular weight is 739 g/mol. The molecule has 0 atom stereocenters. The number of nitrogens with one attached hydrogen (secondary N) is 1. The van der Waals surface area contributed by atoms with Crippen molar-refractivity contribution in [3.63, 3.8) is 0 Å². The van der Waals surface area contributed by atoms with Gasteiger partial charge in [0.25, 0.3) is 5.91 Å². The molecule has 2 heterocycles. The third-order valence-corrected chi connectivity index (χ3v) is 11.8. The second kappa shape index (κ2) is 18.1. The molecule has 0 bridgehead atoms. The molecule has 2 aliphatic heterocycles. The lowest BCUT2D eigenvalue weighted by Gasteiger charge is -2.32. The summed E-state index contributed by atoms with van der Waals surface area (Å²) in [5.41, 5.74) is 4.91. The highest BCUT2D eigenvalue weighted by atomic mass is 32.2.